The standard InChI is InChI=1S/C29H58O2/c1-5-7-9-11-13-14-15-16-17-18-19-21-23-25-27(3)29(4,28(30)31)26-24-22-20-12-10-8-6-2/h27H,5-26H2,1-4H3,(H,30,31). The van der Waals surface area contributed by atoms with E-state index >= 15 is 0 Å². The highest BCUT2D eigenvalue weighted by Gasteiger charge is 2.37. The first-order valence-corrected chi connectivity index (χ1v) is 14.2. The summed E-state index contributed by atoms with van der Waals surface area (Å²) >= 11 is 0. The van der Waals surface area contributed by atoms with E-state index in [2.05, 4.69) is 20.8 Å². The second-order valence-corrected chi connectivity index (χ2v) is 10.5. The van der Waals surface area contributed by atoms with Gasteiger partial charge in [0.2, 0.25) is 0 Å². The molecule has 0 heterocycles. The van der Waals surface area contributed by atoms with Crippen LogP contribution in [0.15, 0.2) is 0 Å². The Morgan fingerprint density at radius 3 is 1.29 bits per heavy atom. The van der Waals surface area contributed by atoms with E-state index in [1.807, 2.05) is 6.92 Å². The molecule has 31 heavy (non-hydrogen) atoms. The van der Waals surface area contributed by atoms with Crippen LogP contribution in [0, 0.1) is 11.3 Å². The molecule has 2 heteroatoms. The fourth-order valence-corrected chi connectivity index (χ4v) is 4.80. The summed E-state index contributed by atoms with van der Waals surface area (Å²) in [6, 6.07) is 0. The molecule has 0 aromatic heterocycles. The third-order valence-corrected chi connectivity index (χ3v) is 7.62. The second kappa shape index (κ2) is 21.3. The van der Waals surface area contributed by atoms with Crippen molar-refractivity contribution in [1.82, 2.24) is 0 Å². The van der Waals surface area contributed by atoms with E-state index in [1.54, 1.807) is 0 Å². The van der Waals surface area contributed by atoms with Crippen LogP contribution in [0.1, 0.15) is 169 Å². The quantitative estimate of drug-likeness (QED) is 0.152. The molecule has 2 nitrogen and oxygen atoms in total. The van der Waals surface area contributed by atoms with Crippen LogP contribution in [-0.2, 0) is 4.79 Å². The maximum absolute atomic E-state index is 12.0. The van der Waals surface area contributed by atoms with Crippen LogP contribution in [0.3, 0.4) is 0 Å². The molecule has 0 aliphatic carbocycles. The lowest BCUT2D eigenvalue weighted by molar-refractivity contribution is -0.151. The average Bonchev–Trinajstić information content (AvgIpc) is 2.75. The van der Waals surface area contributed by atoms with Gasteiger partial charge in [-0.15, -0.1) is 0 Å². The van der Waals surface area contributed by atoms with Crippen molar-refractivity contribution < 1.29 is 9.90 Å². The normalized spacial score (nSPS) is 14.5. The monoisotopic (exact) mass is 438 g/mol. The maximum atomic E-state index is 12.0. The molecule has 0 rings (SSSR count). The number of carboxylic acid groups (broad SMARTS) is 1. The van der Waals surface area contributed by atoms with E-state index in [-0.39, 0.29) is 5.92 Å². The van der Waals surface area contributed by atoms with Crippen molar-refractivity contribution in [1.29, 1.82) is 0 Å². The predicted molar refractivity (Wildman–Crippen MR) is 138 cm³/mol. The highest BCUT2D eigenvalue weighted by Crippen LogP contribution is 2.37. The van der Waals surface area contributed by atoms with Crippen molar-refractivity contribution >= 4 is 5.97 Å². The highest BCUT2D eigenvalue weighted by atomic mass is 16.4. The molecule has 0 aliphatic rings. The molecular formula is C29H58O2. The number of rotatable bonds is 24. The zero-order valence-electron chi connectivity index (χ0n) is 22.0. The molecule has 0 aromatic carbocycles. The SMILES string of the molecule is CCCCCCCCCCCCCCCC(C)C(C)(CCCCCCCCC)C(=O)O. The topological polar surface area (TPSA) is 37.3 Å². The summed E-state index contributed by atoms with van der Waals surface area (Å²) in [7, 11) is 0. The van der Waals surface area contributed by atoms with Crippen molar-refractivity contribution in [2.45, 2.75) is 169 Å². The molecule has 2 unspecified atom stereocenters. The molecule has 0 amide bonds. The predicted octanol–water partition coefficient (Wildman–Crippen LogP) is 10.3. The smallest absolute Gasteiger partial charge is 0.309 e. The summed E-state index contributed by atoms with van der Waals surface area (Å²) < 4.78 is 0. The third-order valence-electron chi connectivity index (χ3n) is 7.62. The lowest BCUT2D eigenvalue weighted by Crippen LogP contribution is -2.34. The minimum atomic E-state index is -0.583. The largest absolute Gasteiger partial charge is 0.481 e. The highest BCUT2D eigenvalue weighted by molar-refractivity contribution is 5.74. The molecule has 186 valence electrons. The van der Waals surface area contributed by atoms with Gasteiger partial charge in [-0.25, -0.2) is 0 Å². The van der Waals surface area contributed by atoms with Gasteiger partial charge in [-0.1, -0.05) is 149 Å². The van der Waals surface area contributed by atoms with Gasteiger partial charge in [0.15, 0.2) is 0 Å². The molecule has 2 atom stereocenters. The Hall–Kier alpha value is -0.530. The van der Waals surface area contributed by atoms with Crippen LogP contribution in [0.4, 0.5) is 0 Å². The van der Waals surface area contributed by atoms with E-state index < -0.39 is 11.4 Å². The van der Waals surface area contributed by atoms with Crippen molar-refractivity contribution in [2.75, 3.05) is 0 Å². The van der Waals surface area contributed by atoms with Gasteiger partial charge in [0.1, 0.15) is 0 Å². The van der Waals surface area contributed by atoms with Gasteiger partial charge in [-0.05, 0) is 25.7 Å². The number of aliphatic carboxylic acids is 1. The number of hydrogen-bond acceptors (Lipinski definition) is 1. The molecule has 0 bridgehead atoms. The Balaban J connectivity index is 3.75. The van der Waals surface area contributed by atoms with Crippen LogP contribution in [-0.4, -0.2) is 11.1 Å². The van der Waals surface area contributed by atoms with Crippen LogP contribution in [0.25, 0.3) is 0 Å². The third kappa shape index (κ3) is 16.7. The fraction of sp³-hybridized carbons (Fsp3) is 0.966. The van der Waals surface area contributed by atoms with Gasteiger partial charge in [-0.3, -0.25) is 4.79 Å². The fourth-order valence-electron chi connectivity index (χ4n) is 4.80. The van der Waals surface area contributed by atoms with Gasteiger partial charge in [0, 0.05) is 0 Å². The van der Waals surface area contributed by atoms with Gasteiger partial charge < -0.3 is 5.11 Å². The maximum Gasteiger partial charge on any atom is 0.309 e. The van der Waals surface area contributed by atoms with Gasteiger partial charge in [0.25, 0.3) is 0 Å². The van der Waals surface area contributed by atoms with Crippen molar-refractivity contribution in [2.24, 2.45) is 11.3 Å². The second-order valence-electron chi connectivity index (χ2n) is 10.5. The number of carbonyl (C=O) groups is 1. The van der Waals surface area contributed by atoms with Crippen LogP contribution >= 0.6 is 0 Å². The number of unbranched alkanes of at least 4 members (excludes halogenated alkanes) is 18. The molecule has 1 N–H and O–H groups in total. The molecule has 0 spiro atoms. The summed E-state index contributed by atoms with van der Waals surface area (Å²) in [5.74, 6) is -0.307. The Bertz CT molecular complexity index is 392. The first-order valence-electron chi connectivity index (χ1n) is 14.2. The number of hydrogen-bond donors (Lipinski definition) is 1. The van der Waals surface area contributed by atoms with Crippen molar-refractivity contribution in [3.63, 3.8) is 0 Å². The van der Waals surface area contributed by atoms with Crippen LogP contribution < -0.4 is 0 Å². The average molecular weight is 439 g/mol. The molecule has 0 saturated heterocycles. The summed E-state index contributed by atoms with van der Waals surface area (Å²) in [5, 5.41) is 9.88. The minimum absolute atomic E-state index is 0.276. The van der Waals surface area contributed by atoms with Crippen molar-refractivity contribution in [3.05, 3.63) is 0 Å². The van der Waals surface area contributed by atoms with E-state index in [0.717, 1.165) is 19.3 Å². The van der Waals surface area contributed by atoms with E-state index in [9.17, 15) is 9.90 Å². The van der Waals surface area contributed by atoms with Gasteiger partial charge in [-0.2, -0.15) is 0 Å². The summed E-state index contributed by atoms with van der Waals surface area (Å²) in [6.07, 6.45) is 28.5. The van der Waals surface area contributed by atoms with Crippen LogP contribution in [0.5, 0.6) is 0 Å². The Labute approximate surface area is 196 Å². The molecule has 0 aliphatic heterocycles. The van der Waals surface area contributed by atoms with Crippen molar-refractivity contribution in [3.8, 4) is 0 Å². The van der Waals surface area contributed by atoms with Crippen LogP contribution in [0.2, 0.25) is 0 Å². The first kappa shape index (κ1) is 30.5. The molecule has 0 fully saturated rings. The van der Waals surface area contributed by atoms with Gasteiger partial charge in [0.05, 0.1) is 5.41 Å². The number of carboxylic acids is 1. The minimum Gasteiger partial charge on any atom is -0.481 e. The zero-order chi connectivity index (χ0) is 23.2. The van der Waals surface area contributed by atoms with Gasteiger partial charge >= 0.3 is 5.97 Å². The Morgan fingerprint density at radius 2 is 0.935 bits per heavy atom. The Kier molecular flexibility index (Phi) is 21.0. The zero-order valence-corrected chi connectivity index (χ0v) is 22.0. The van der Waals surface area contributed by atoms with E-state index in [4.69, 9.17) is 0 Å². The molecule has 0 radical (unpaired) electrons. The molecule has 0 aromatic rings. The summed E-state index contributed by atoms with van der Waals surface area (Å²) in [5.41, 5.74) is -0.541. The van der Waals surface area contributed by atoms with E-state index in [0.29, 0.717) is 0 Å². The summed E-state index contributed by atoms with van der Waals surface area (Å²) in [4.78, 5) is 12.0. The van der Waals surface area contributed by atoms with E-state index in [1.165, 1.54) is 122 Å². The first-order chi connectivity index (χ1) is 15.0. The Morgan fingerprint density at radius 1 is 0.613 bits per heavy atom. The lowest BCUT2D eigenvalue weighted by atomic mass is 9.72. The molecule has 0 saturated carbocycles. The summed E-state index contributed by atoms with van der Waals surface area (Å²) in [6.45, 7) is 8.70. The lowest BCUT2D eigenvalue weighted by Gasteiger charge is -2.32. The molecular weight excluding hydrogens is 380 g/mol.